The highest BCUT2D eigenvalue weighted by Crippen LogP contribution is 2.40. The van der Waals surface area contributed by atoms with E-state index < -0.39 is 12.7 Å². The Morgan fingerprint density at radius 1 is 1.24 bits per heavy atom. The Balaban J connectivity index is 1.82. The van der Waals surface area contributed by atoms with Crippen molar-refractivity contribution in [1.29, 1.82) is 5.41 Å². The second kappa shape index (κ2) is 10.5. The van der Waals surface area contributed by atoms with Gasteiger partial charge in [0.15, 0.2) is 0 Å². The maximum Gasteiger partial charge on any atom is 0.406 e. The molecule has 37 heavy (non-hydrogen) atoms. The van der Waals surface area contributed by atoms with Gasteiger partial charge in [0.25, 0.3) is 0 Å². The van der Waals surface area contributed by atoms with Gasteiger partial charge in [-0.1, -0.05) is 31.2 Å². The molecule has 0 fully saturated rings. The van der Waals surface area contributed by atoms with Crippen LogP contribution >= 0.6 is 0 Å². The van der Waals surface area contributed by atoms with Crippen molar-refractivity contribution in [2.24, 2.45) is 11.8 Å². The first-order valence-corrected chi connectivity index (χ1v) is 12.0. The van der Waals surface area contributed by atoms with E-state index in [1.807, 2.05) is 36.4 Å². The zero-order valence-corrected chi connectivity index (χ0v) is 20.9. The number of halogens is 3. The molecule has 2 unspecified atom stereocenters. The molecule has 3 aliphatic rings. The van der Waals surface area contributed by atoms with E-state index in [0.717, 1.165) is 21.6 Å². The topological polar surface area (TPSA) is 60.2 Å². The molecule has 1 aliphatic heterocycles. The van der Waals surface area contributed by atoms with E-state index in [2.05, 4.69) is 29.4 Å². The highest BCUT2D eigenvalue weighted by molar-refractivity contribution is 6.21. The third kappa shape index (κ3) is 6.03. The lowest BCUT2D eigenvalue weighted by molar-refractivity contribution is -0.136. The normalized spacial score (nSPS) is 20.0. The maximum atomic E-state index is 13.1. The molecule has 0 saturated heterocycles. The van der Waals surface area contributed by atoms with E-state index in [0.29, 0.717) is 28.8 Å². The lowest BCUT2D eigenvalue weighted by Gasteiger charge is -2.30. The molecule has 4 nitrogen and oxygen atoms in total. The number of nitrogens with one attached hydrogen (secondary N) is 1. The number of nitrogens with zero attached hydrogens (tertiary/aromatic N) is 2. The van der Waals surface area contributed by atoms with Gasteiger partial charge < -0.3 is 15.4 Å². The van der Waals surface area contributed by atoms with Gasteiger partial charge in [-0.25, -0.2) is 0 Å². The van der Waals surface area contributed by atoms with Gasteiger partial charge in [-0.15, -0.1) is 11.5 Å². The first-order valence-electron chi connectivity index (χ1n) is 12.0. The summed E-state index contributed by atoms with van der Waals surface area (Å²) in [6.07, 6.45) is 14.1. The number of hydrogen-bond acceptors (Lipinski definition) is 4. The molecule has 2 heterocycles. The second-order valence-electron chi connectivity index (χ2n) is 9.40. The minimum Gasteiger partial charge on any atom is -0.512 e. The number of allylic oxidation sites excluding steroid dienone is 11. The zero-order valence-electron chi connectivity index (χ0n) is 20.9. The Kier molecular flexibility index (Phi) is 7.40. The fourth-order valence-corrected chi connectivity index (χ4v) is 4.82. The summed E-state index contributed by atoms with van der Waals surface area (Å²) in [5.74, 6) is 0.142. The van der Waals surface area contributed by atoms with Crippen LogP contribution in [0.1, 0.15) is 37.6 Å². The summed E-state index contributed by atoms with van der Waals surface area (Å²) in [5.41, 5.74) is 11.2. The summed E-state index contributed by atoms with van der Waals surface area (Å²) in [5, 5.41) is 18.3. The van der Waals surface area contributed by atoms with E-state index in [-0.39, 0.29) is 23.3 Å². The van der Waals surface area contributed by atoms with Crippen molar-refractivity contribution in [2.75, 3.05) is 6.54 Å². The van der Waals surface area contributed by atoms with Crippen molar-refractivity contribution < 1.29 is 18.3 Å². The molecule has 0 bridgehead atoms. The number of rotatable bonds is 6. The van der Waals surface area contributed by atoms with Crippen molar-refractivity contribution in [3.05, 3.63) is 112 Å². The second-order valence-corrected chi connectivity index (χ2v) is 9.40. The number of alkyl halides is 3. The van der Waals surface area contributed by atoms with Gasteiger partial charge in [0.2, 0.25) is 0 Å². The lowest BCUT2D eigenvalue weighted by atomic mass is 9.76. The maximum absolute atomic E-state index is 13.1. The molecule has 7 heteroatoms. The van der Waals surface area contributed by atoms with Crippen LogP contribution in [0.25, 0.3) is 11.1 Å². The van der Waals surface area contributed by atoms with Crippen LogP contribution in [0.15, 0.2) is 95.6 Å². The first kappa shape index (κ1) is 26.0. The number of aliphatic hydroxyl groups excluding tert-OH is 1. The molecule has 0 spiro atoms. The monoisotopic (exact) mass is 503 g/mol. The molecule has 0 saturated carbocycles. The Labute approximate surface area is 214 Å². The Hall–Kier alpha value is -4.05. The van der Waals surface area contributed by atoms with Crippen molar-refractivity contribution in [1.82, 2.24) is 9.88 Å². The van der Waals surface area contributed by atoms with Crippen molar-refractivity contribution >= 4 is 16.9 Å². The predicted octanol–water partition coefficient (Wildman–Crippen LogP) is 7.24. The average molecular weight is 504 g/mol. The van der Waals surface area contributed by atoms with Crippen LogP contribution in [0.4, 0.5) is 13.2 Å². The third-order valence-electron chi connectivity index (χ3n) is 6.55. The highest BCUT2D eigenvalue weighted by Gasteiger charge is 2.31. The van der Waals surface area contributed by atoms with Crippen molar-refractivity contribution in [3.63, 3.8) is 0 Å². The predicted molar refractivity (Wildman–Crippen MR) is 141 cm³/mol. The molecule has 2 N–H and O–H groups in total. The lowest BCUT2D eigenvalue weighted by Crippen LogP contribution is -2.27. The van der Waals surface area contributed by atoms with Gasteiger partial charge in [-0.2, -0.15) is 13.2 Å². The van der Waals surface area contributed by atoms with Crippen LogP contribution in [0, 0.1) is 17.2 Å². The van der Waals surface area contributed by atoms with Gasteiger partial charge in [0, 0.05) is 46.6 Å². The van der Waals surface area contributed by atoms with Gasteiger partial charge in [0.1, 0.15) is 6.54 Å². The Bertz CT molecular complexity index is 1400. The minimum atomic E-state index is -4.35. The van der Waals surface area contributed by atoms with Crippen molar-refractivity contribution in [3.8, 4) is 0 Å². The molecular weight excluding hydrogens is 475 g/mol. The minimum absolute atomic E-state index is 0.0235. The molecule has 2 aliphatic carbocycles. The van der Waals surface area contributed by atoms with Crippen LogP contribution in [-0.4, -0.2) is 33.4 Å². The van der Waals surface area contributed by atoms with E-state index in [1.54, 1.807) is 19.2 Å². The zero-order chi connectivity index (χ0) is 26.7. The number of pyridine rings is 1. The fraction of sp³-hybridized carbons (Fsp3) is 0.267. The molecule has 1 aromatic rings. The molecule has 0 amide bonds. The summed E-state index contributed by atoms with van der Waals surface area (Å²) in [6, 6.07) is 1.93. The average Bonchev–Trinajstić information content (AvgIpc) is 3.11. The summed E-state index contributed by atoms with van der Waals surface area (Å²) >= 11 is 0. The summed E-state index contributed by atoms with van der Waals surface area (Å²) in [6.45, 7) is 4.16. The molecular formula is C30H28F3N3O. The van der Waals surface area contributed by atoms with E-state index in [4.69, 9.17) is 5.41 Å². The quantitative estimate of drug-likeness (QED) is 0.244. The number of aromatic nitrogens is 1. The number of fused-ring (bicyclic) bond motifs is 1. The molecule has 0 aromatic carbocycles. The van der Waals surface area contributed by atoms with E-state index >= 15 is 0 Å². The summed E-state index contributed by atoms with van der Waals surface area (Å²) < 4.78 is 39.3. The molecule has 4 rings (SSSR count). The van der Waals surface area contributed by atoms with Crippen LogP contribution in [0.2, 0.25) is 0 Å². The Morgan fingerprint density at radius 3 is 2.73 bits per heavy atom. The standard InChI is InChI=1S/C30H28F3N3O/c1-19(22-9-6-4-5-7-10-22)24-13-25-14-26(28(20(2)34)21(3)37)16-35-29(25)27(15-24)23-11-8-12-36(17-23)18-30(31,32)33/h4-6,9-12,14-17,19,24,34,37H,13,18H2,1-3H3/b28-21+,34-20?. The van der Waals surface area contributed by atoms with Gasteiger partial charge in [-0.05, 0) is 67.5 Å². The van der Waals surface area contributed by atoms with Crippen LogP contribution in [-0.2, 0) is 6.42 Å². The van der Waals surface area contributed by atoms with Gasteiger partial charge in [-0.3, -0.25) is 4.98 Å². The van der Waals surface area contributed by atoms with E-state index in [1.165, 1.54) is 19.3 Å². The summed E-state index contributed by atoms with van der Waals surface area (Å²) in [7, 11) is 0. The summed E-state index contributed by atoms with van der Waals surface area (Å²) in [4.78, 5) is 5.76. The molecule has 0 radical (unpaired) electrons. The van der Waals surface area contributed by atoms with Crippen LogP contribution in [0.5, 0.6) is 0 Å². The van der Waals surface area contributed by atoms with Crippen molar-refractivity contribution in [2.45, 2.75) is 33.4 Å². The van der Waals surface area contributed by atoms with Crippen LogP contribution < -0.4 is 0 Å². The SMILES string of the molecule is CC(=N)/C(=C(/C)O)c1cnc2c(c1)CC(C(C)C1=CC=CC=C=C1)C=C2C1=CN(CC(F)(F)F)C=C=C1. The molecule has 1 aromatic heterocycles. The highest BCUT2D eigenvalue weighted by atomic mass is 19.4. The third-order valence-corrected chi connectivity index (χ3v) is 6.55. The fourth-order valence-electron chi connectivity index (χ4n) is 4.82. The van der Waals surface area contributed by atoms with Crippen LogP contribution in [0.3, 0.4) is 0 Å². The smallest absolute Gasteiger partial charge is 0.406 e. The number of aliphatic hydroxyl groups is 1. The van der Waals surface area contributed by atoms with Gasteiger partial charge >= 0.3 is 6.18 Å². The Morgan fingerprint density at radius 2 is 2.03 bits per heavy atom. The van der Waals surface area contributed by atoms with Gasteiger partial charge in [0.05, 0.1) is 11.5 Å². The largest absolute Gasteiger partial charge is 0.512 e. The first-order chi connectivity index (χ1) is 17.5. The molecule has 2 atom stereocenters. The van der Waals surface area contributed by atoms with E-state index in [9.17, 15) is 18.3 Å². The number of hydrogen-bond donors (Lipinski definition) is 2. The molecule has 190 valence electrons.